The molecule has 0 bridgehead atoms. The maximum Gasteiger partial charge on any atom is 0.341 e. The van der Waals surface area contributed by atoms with Gasteiger partial charge in [0.15, 0.2) is 6.10 Å². The fourth-order valence-electron chi connectivity index (χ4n) is 5.78. The van der Waals surface area contributed by atoms with Crippen molar-refractivity contribution in [3.63, 3.8) is 0 Å². The van der Waals surface area contributed by atoms with Gasteiger partial charge in [0.05, 0.1) is 23.8 Å². The van der Waals surface area contributed by atoms with E-state index >= 15 is 0 Å². The lowest BCUT2D eigenvalue weighted by Gasteiger charge is -2.29. The Balaban J connectivity index is 1.29. The Kier molecular flexibility index (Phi) is 7.32. The molecule has 0 radical (unpaired) electrons. The molecule has 9 heteroatoms. The molecule has 8 nitrogen and oxygen atoms in total. The van der Waals surface area contributed by atoms with E-state index in [4.69, 9.17) is 14.5 Å². The molecule has 3 heterocycles. The van der Waals surface area contributed by atoms with Crippen LogP contribution >= 0.6 is 11.3 Å². The Bertz CT molecular complexity index is 1690. The van der Waals surface area contributed by atoms with Gasteiger partial charge in [-0.05, 0) is 49.1 Å². The zero-order valence-corrected chi connectivity index (χ0v) is 24.1. The molecular formula is C32H31N3O5S. The van der Waals surface area contributed by atoms with Gasteiger partial charge in [-0.15, -0.1) is 11.3 Å². The summed E-state index contributed by atoms with van der Waals surface area (Å²) in [6.07, 6.45) is 1.10. The molecule has 1 N–H and O–H groups in total. The van der Waals surface area contributed by atoms with Crippen molar-refractivity contribution >= 4 is 45.1 Å². The molecule has 1 unspecified atom stereocenters. The fraction of sp³-hybridized carbons (Fsp3) is 0.312. The smallest absolute Gasteiger partial charge is 0.341 e. The summed E-state index contributed by atoms with van der Waals surface area (Å²) in [5, 5.41) is 3.97. The number of amides is 1. The average Bonchev–Trinajstić information content (AvgIpc) is 3.37. The summed E-state index contributed by atoms with van der Waals surface area (Å²) in [7, 11) is 1.33. The number of aryl methyl sites for hydroxylation is 1. The van der Waals surface area contributed by atoms with Crippen molar-refractivity contribution in [1.29, 1.82) is 0 Å². The first-order chi connectivity index (χ1) is 19.9. The number of pyridine rings is 1. The molecule has 0 spiro atoms. The second-order valence-electron chi connectivity index (χ2n) is 10.3. The number of carbonyl (C=O) groups excluding carboxylic acids is 3. The van der Waals surface area contributed by atoms with Gasteiger partial charge >= 0.3 is 11.9 Å². The number of methoxy groups -OCH3 is 1. The van der Waals surface area contributed by atoms with E-state index in [2.05, 4.69) is 23.2 Å². The molecule has 2 aliphatic rings. The van der Waals surface area contributed by atoms with Crippen LogP contribution in [0.1, 0.15) is 56.9 Å². The van der Waals surface area contributed by atoms with Gasteiger partial charge in [-0.1, -0.05) is 49.4 Å². The maximum absolute atomic E-state index is 13.7. The van der Waals surface area contributed by atoms with Crippen LogP contribution < -0.4 is 5.32 Å². The number of thiophene rings is 1. The zero-order chi connectivity index (χ0) is 28.7. The molecule has 2 aromatic heterocycles. The van der Waals surface area contributed by atoms with Gasteiger partial charge in [0.2, 0.25) is 0 Å². The molecule has 1 atom stereocenters. The van der Waals surface area contributed by atoms with Crippen LogP contribution in [-0.2, 0) is 40.1 Å². The van der Waals surface area contributed by atoms with Crippen LogP contribution in [0.15, 0.2) is 48.5 Å². The Morgan fingerprint density at radius 1 is 1.00 bits per heavy atom. The number of likely N-dealkylation sites (N-methyl/N-ethyl adjacent to an activating group) is 1. The van der Waals surface area contributed by atoms with Crippen LogP contribution in [0.4, 0.5) is 5.00 Å². The second-order valence-corrected chi connectivity index (χ2v) is 11.4. The number of nitrogens with one attached hydrogen (secondary N) is 1. The molecule has 6 rings (SSSR count). The standard InChI is InChI=1S/C32H31N3O5S/c1-4-35-16-15-25-23(17-35)26(21-11-7-8-12-24(21)33-25)32(38)40-18(2)29(36)34-30-27(31(37)39-3)22-14-13-19-9-5-6-10-20(19)28(22)41-30/h5-12,18H,4,13-17H2,1-3H3,(H,34,36). The van der Waals surface area contributed by atoms with E-state index in [-0.39, 0.29) is 0 Å². The molecule has 0 saturated carbocycles. The van der Waals surface area contributed by atoms with E-state index < -0.39 is 23.9 Å². The number of nitrogens with zero attached hydrogens (tertiary/aromatic N) is 2. The highest BCUT2D eigenvalue weighted by molar-refractivity contribution is 7.20. The number of fused-ring (bicyclic) bond motifs is 5. The summed E-state index contributed by atoms with van der Waals surface area (Å²) in [4.78, 5) is 48.0. The van der Waals surface area contributed by atoms with Gasteiger partial charge in [-0.25, -0.2) is 9.59 Å². The molecule has 1 aliphatic heterocycles. The number of para-hydroxylation sites is 1. The van der Waals surface area contributed by atoms with Gasteiger partial charge in [0, 0.05) is 41.0 Å². The molecule has 4 aromatic rings. The molecule has 0 fully saturated rings. The predicted octanol–water partition coefficient (Wildman–Crippen LogP) is 5.41. The molecule has 2 aromatic carbocycles. The van der Waals surface area contributed by atoms with E-state index in [0.717, 1.165) is 58.7 Å². The minimum Gasteiger partial charge on any atom is -0.465 e. The van der Waals surface area contributed by atoms with Gasteiger partial charge in [-0.2, -0.15) is 0 Å². The van der Waals surface area contributed by atoms with Crippen molar-refractivity contribution in [3.05, 3.63) is 82.0 Å². The summed E-state index contributed by atoms with van der Waals surface area (Å²) >= 11 is 1.35. The summed E-state index contributed by atoms with van der Waals surface area (Å²) in [5.41, 5.74) is 6.43. The third-order valence-electron chi connectivity index (χ3n) is 7.97. The predicted molar refractivity (Wildman–Crippen MR) is 158 cm³/mol. The van der Waals surface area contributed by atoms with E-state index in [1.165, 1.54) is 24.0 Å². The molecule has 1 aliphatic carbocycles. The molecule has 210 valence electrons. The third-order valence-corrected chi connectivity index (χ3v) is 9.15. The first-order valence-electron chi connectivity index (χ1n) is 13.9. The topological polar surface area (TPSA) is 97.8 Å². The minimum absolute atomic E-state index is 0.364. The number of rotatable bonds is 6. The maximum atomic E-state index is 13.7. The third kappa shape index (κ3) is 4.89. The lowest BCUT2D eigenvalue weighted by atomic mass is 9.89. The number of anilines is 1. The van der Waals surface area contributed by atoms with Crippen molar-refractivity contribution < 1.29 is 23.9 Å². The Labute approximate surface area is 242 Å². The number of hydrogen-bond donors (Lipinski definition) is 1. The Hall–Kier alpha value is -4.08. The minimum atomic E-state index is -1.10. The molecule has 0 saturated heterocycles. The zero-order valence-electron chi connectivity index (χ0n) is 23.3. The molecule has 41 heavy (non-hydrogen) atoms. The summed E-state index contributed by atoms with van der Waals surface area (Å²) in [6.45, 7) is 5.96. The van der Waals surface area contributed by atoms with Crippen LogP contribution in [0.2, 0.25) is 0 Å². The van der Waals surface area contributed by atoms with E-state index in [0.29, 0.717) is 34.5 Å². The number of benzene rings is 2. The summed E-state index contributed by atoms with van der Waals surface area (Å²) in [5.74, 6) is -1.58. The quantitative estimate of drug-likeness (QED) is 0.310. The first-order valence-corrected chi connectivity index (χ1v) is 14.7. The second kappa shape index (κ2) is 11.1. The highest BCUT2D eigenvalue weighted by Gasteiger charge is 2.32. The SMILES string of the molecule is CCN1CCc2nc3ccccc3c(C(=O)OC(C)C(=O)Nc3sc4c(c3C(=O)OC)CCc3ccccc3-4)c2C1. The fourth-order valence-corrected chi connectivity index (χ4v) is 7.08. The highest BCUT2D eigenvalue weighted by Crippen LogP contribution is 2.45. The summed E-state index contributed by atoms with van der Waals surface area (Å²) < 4.78 is 10.9. The van der Waals surface area contributed by atoms with Gasteiger partial charge < -0.3 is 14.8 Å². The van der Waals surface area contributed by atoms with Crippen molar-refractivity contribution in [1.82, 2.24) is 9.88 Å². The van der Waals surface area contributed by atoms with Crippen LogP contribution in [-0.4, -0.2) is 54.0 Å². The summed E-state index contributed by atoms with van der Waals surface area (Å²) in [6, 6.07) is 15.6. The average molecular weight is 570 g/mol. The van der Waals surface area contributed by atoms with Crippen molar-refractivity contribution in [3.8, 4) is 10.4 Å². The van der Waals surface area contributed by atoms with Gasteiger partial charge in [-0.3, -0.25) is 14.7 Å². The normalized spacial score (nSPS) is 14.9. The number of esters is 2. The monoisotopic (exact) mass is 569 g/mol. The van der Waals surface area contributed by atoms with E-state index in [1.54, 1.807) is 6.92 Å². The molecular weight excluding hydrogens is 538 g/mol. The number of ether oxygens (including phenoxy) is 2. The highest BCUT2D eigenvalue weighted by atomic mass is 32.1. The molecule has 1 amide bonds. The van der Waals surface area contributed by atoms with Gasteiger partial charge in [0.25, 0.3) is 5.91 Å². The number of hydrogen-bond acceptors (Lipinski definition) is 8. The lowest BCUT2D eigenvalue weighted by Crippen LogP contribution is -2.34. The van der Waals surface area contributed by atoms with Crippen molar-refractivity contribution in [2.45, 2.75) is 45.8 Å². The largest absolute Gasteiger partial charge is 0.465 e. The van der Waals surface area contributed by atoms with Crippen molar-refractivity contribution in [2.75, 3.05) is 25.5 Å². The number of carbonyl (C=O) groups is 3. The first kappa shape index (κ1) is 27.1. The van der Waals surface area contributed by atoms with Crippen LogP contribution in [0.5, 0.6) is 0 Å². The Morgan fingerprint density at radius 3 is 2.59 bits per heavy atom. The van der Waals surface area contributed by atoms with E-state index in [1.807, 2.05) is 42.5 Å². The number of aromatic nitrogens is 1. The lowest BCUT2D eigenvalue weighted by molar-refractivity contribution is -0.123. The van der Waals surface area contributed by atoms with E-state index in [9.17, 15) is 14.4 Å². The van der Waals surface area contributed by atoms with Crippen LogP contribution in [0, 0.1) is 0 Å². The Morgan fingerprint density at radius 2 is 1.78 bits per heavy atom. The van der Waals surface area contributed by atoms with Crippen LogP contribution in [0.25, 0.3) is 21.3 Å². The van der Waals surface area contributed by atoms with Gasteiger partial charge in [0.1, 0.15) is 5.00 Å². The van der Waals surface area contributed by atoms with Crippen molar-refractivity contribution in [2.24, 2.45) is 0 Å². The van der Waals surface area contributed by atoms with Crippen LogP contribution in [0.3, 0.4) is 0 Å².